The van der Waals surface area contributed by atoms with Gasteiger partial charge >= 0.3 is 0 Å². The maximum Gasteiger partial charge on any atom is 0.254 e. The van der Waals surface area contributed by atoms with Crippen LogP contribution in [0, 0.1) is 0 Å². The molecule has 0 bridgehead atoms. The van der Waals surface area contributed by atoms with Gasteiger partial charge in [-0.15, -0.1) is 0 Å². The van der Waals surface area contributed by atoms with Crippen molar-refractivity contribution in [2.45, 2.75) is 70.4 Å². The van der Waals surface area contributed by atoms with E-state index in [9.17, 15) is 4.79 Å². The third kappa shape index (κ3) is 4.57. The number of benzene rings is 2. The molecule has 3 heterocycles. The van der Waals surface area contributed by atoms with Crippen LogP contribution in [0.2, 0.25) is 0 Å². The van der Waals surface area contributed by atoms with Crippen LogP contribution in [0.1, 0.15) is 62.0 Å². The number of fused-ring (bicyclic) bond motifs is 2. The number of ether oxygens (including phenoxy) is 3. The second kappa shape index (κ2) is 9.77. The molecule has 1 atom stereocenters. The highest BCUT2D eigenvalue weighted by molar-refractivity contribution is 5.95. The Bertz CT molecular complexity index is 1370. The van der Waals surface area contributed by atoms with Gasteiger partial charge in [0.15, 0.2) is 11.5 Å². The lowest BCUT2D eigenvalue weighted by Crippen LogP contribution is -2.49. The second-order valence-electron chi connectivity index (χ2n) is 11.4. The predicted molar refractivity (Wildman–Crippen MR) is 146 cm³/mol. The smallest absolute Gasteiger partial charge is 0.254 e. The Morgan fingerprint density at radius 3 is 2.68 bits per heavy atom. The second-order valence-corrected chi connectivity index (χ2v) is 11.4. The molecule has 1 aliphatic carbocycles. The van der Waals surface area contributed by atoms with Crippen LogP contribution in [0.15, 0.2) is 48.5 Å². The Kier molecular flexibility index (Phi) is 6.42. The molecule has 1 amide bonds. The fourth-order valence-corrected chi connectivity index (χ4v) is 6.21. The van der Waals surface area contributed by atoms with E-state index in [1.54, 1.807) is 19.2 Å². The van der Waals surface area contributed by atoms with Crippen molar-refractivity contribution in [1.29, 1.82) is 0 Å². The number of hydrogen-bond donors (Lipinski definition) is 0. The maximum atomic E-state index is 14.2. The molecule has 6 rings (SSSR count). The molecular weight excluding hydrogens is 478 g/mol. The van der Waals surface area contributed by atoms with E-state index >= 15 is 0 Å². The summed E-state index contributed by atoms with van der Waals surface area (Å²) in [7, 11) is 3.68. The summed E-state index contributed by atoms with van der Waals surface area (Å²) in [5.74, 6) is 0.792. The van der Waals surface area contributed by atoms with Crippen LogP contribution in [-0.4, -0.2) is 53.8 Å². The summed E-state index contributed by atoms with van der Waals surface area (Å²) >= 11 is 0. The largest absolute Gasteiger partial charge is 0.493 e. The van der Waals surface area contributed by atoms with Gasteiger partial charge in [-0.1, -0.05) is 18.6 Å². The highest BCUT2D eigenvalue weighted by atomic mass is 16.7. The molecule has 3 aromatic rings. The zero-order valence-electron chi connectivity index (χ0n) is 22.9. The van der Waals surface area contributed by atoms with Crippen LogP contribution >= 0.6 is 0 Å². The van der Waals surface area contributed by atoms with Crippen molar-refractivity contribution in [3.8, 4) is 17.2 Å². The molecule has 1 saturated carbocycles. The van der Waals surface area contributed by atoms with Gasteiger partial charge in [-0.25, -0.2) is 0 Å². The summed E-state index contributed by atoms with van der Waals surface area (Å²) in [5, 5.41) is 1.19. The number of carbonyl (C=O) groups excluding carboxylic acids is 1. The zero-order valence-corrected chi connectivity index (χ0v) is 22.9. The van der Waals surface area contributed by atoms with Crippen molar-refractivity contribution in [2.75, 3.05) is 20.2 Å². The van der Waals surface area contributed by atoms with E-state index in [1.165, 1.54) is 31.1 Å². The number of aryl methyl sites for hydroxylation is 1. The normalized spacial score (nSPS) is 20.5. The Morgan fingerprint density at radius 1 is 1.11 bits per heavy atom. The molecule has 1 saturated heterocycles. The van der Waals surface area contributed by atoms with Crippen molar-refractivity contribution in [3.05, 3.63) is 59.8 Å². The molecule has 7 heteroatoms. The number of nitrogens with zero attached hydrogens (tertiary/aromatic N) is 3. The Morgan fingerprint density at radius 2 is 1.92 bits per heavy atom. The molecule has 2 aliphatic heterocycles. The molecule has 0 unspecified atom stereocenters. The summed E-state index contributed by atoms with van der Waals surface area (Å²) in [5.41, 5.74) is 2.80. The monoisotopic (exact) mass is 516 g/mol. The third-order valence-corrected chi connectivity index (χ3v) is 8.41. The van der Waals surface area contributed by atoms with Gasteiger partial charge in [0.2, 0.25) is 22.7 Å². The first-order chi connectivity index (χ1) is 18.3. The van der Waals surface area contributed by atoms with E-state index in [0.29, 0.717) is 48.0 Å². The first-order valence-electron chi connectivity index (χ1n) is 13.8. The molecule has 1 aromatic heterocycles. The number of aromatic nitrogens is 1. The van der Waals surface area contributed by atoms with E-state index in [-0.39, 0.29) is 5.91 Å². The number of rotatable bonds is 7. The first kappa shape index (κ1) is 25.0. The van der Waals surface area contributed by atoms with Gasteiger partial charge in [0.25, 0.3) is 5.91 Å². The van der Waals surface area contributed by atoms with Crippen LogP contribution in [0.3, 0.4) is 0 Å². The molecule has 200 valence electrons. The lowest BCUT2D eigenvalue weighted by molar-refractivity contribution is -0.653. The minimum absolute atomic E-state index is 0.0203. The lowest BCUT2D eigenvalue weighted by atomic mass is 9.91. The molecule has 2 aromatic carbocycles. The van der Waals surface area contributed by atoms with Gasteiger partial charge in [0, 0.05) is 55.6 Å². The van der Waals surface area contributed by atoms with Crippen LogP contribution in [0.5, 0.6) is 17.2 Å². The molecule has 0 spiro atoms. The van der Waals surface area contributed by atoms with E-state index < -0.39 is 5.79 Å². The Balaban J connectivity index is 1.35. The molecular formula is C31H38N3O4+. The SMILES string of the molecule is COc1cc(C(=O)N(Cc2ccc3ccccc3[n+]2C)C[C@@H]2CCCN2C2CCC2)cc2c1OC(C)(C)O2. The number of hydrogen-bond acceptors (Lipinski definition) is 5. The first-order valence-corrected chi connectivity index (χ1v) is 13.8. The average Bonchev–Trinajstić information content (AvgIpc) is 3.45. The number of pyridine rings is 1. The number of methoxy groups -OCH3 is 1. The van der Waals surface area contributed by atoms with Crippen molar-refractivity contribution in [1.82, 2.24) is 9.80 Å². The Hall–Kier alpha value is -3.32. The van der Waals surface area contributed by atoms with Crippen LogP contribution in [0.4, 0.5) is 0 Å². The van der Waals surface area contributed by atoms with Crippen molar-refractivity contribution < 1.29 is 23.6 Å². The number of para-hydroxylation sites is 1. The lowest BCUT2D eigenvalue weighted by Gasteiger charge is -2.40. The maximum absolute atomic E-state index is 14.2. The predicted octanol–water partition coefficient (Wildman–Crippen LogP) is 4.84. The summed E-state index contributed by atoms with van der Waals surface area (Å²) in [6, 6.07) is 17.3. The number of amides is 1. The number of likely N-dealkylation sites (tertiary alicyclic amines) is 1. The fraction of sp³-hybridized carbons (Fsp3) is 0.484. The zero-order chi connectivity index (χ0) is 26.4. The van der Waals surface area contributed by atoms with Crippen LogP contribution < -0.4 is 18.8 Å². The van der Waals surface area contributed by atoms with Gasteiger partial charge < -0.3 is 19.1 Å². The van der Waals surface area contributed by atoms with E-state index in [0.717, 1.165) is 24.2 Å². The van der Waals surface area contributed by atoms with Gasteiger partial charge in [-0.2, -0.15) is 4.57 Å². The van der Waals surface area contributed by atoms with Crippen molar-refractivity contribution in [3.63, 3.8) is 0 Å². The molecule has 3 aliphatic rings. The van der Waals surface area contributed by atoms with Crippen LogP contribution in [0.25, 0.3) is 10.9 Å². The molecule has 0 N–H and O–H groups in total. The topological polar surface area (TPSA) is 55.1 Å². The van der Waals surface area contributed by atoms with E-state index in [4.69, 9.17) is 14.2 Å². The van der Waals surface area contributed by atoms with Gasteiger partial charge in [-0.3, -0.25) is 9.69 Å². The molecule has 0 radical (unpaired) electrons. The fourth-order valence-electron chi connectivity index (χ4n) is 6.21. The molecule has 38 heavy (non-hydrogen) atoms. The van der Waals surface area contributed by atoms with Crippen LogP contribution in [-0.2, 0) is 13.6 Å². The summed E-state index contributed by atoms with van der Waals surface area (Å²) in [6.45, 7) is 6.07. The molecule has 2 fully saturated rings. The van der Waals surface area contributed by atoms with Gasteiger partial charge in [-0.05, 0) is 56.5 Å². The van der Waals surface area contributed by atoms with Crippen molar-refractivity contribution >= 4 is 16.8 Å². The van der Waals surface area contributed by atoms with Gasteiger partial charge in [0.05, 0.1) is 7.11 Å². The highest BCUT2D eigenvalue weighted by Crippen LogP contribution is 2.47. The van der Waals surface area contributed by atoms with Crippen molar-refractivity contribution in [2.24, 2.45) is 7.05 Å². The average molecular weight is 517 g/mol. The minimum Gasteiger partial charge on any atom is -0.493 e. The highest BCUT2D eigenvalue weighted by Gasteiger charge is 2.38. The summed E-state index contributed by atoms with van der Waals surface area (Å²) < 4.78 is 19.8. The van der Waals surface area contributed by atoms with Gasteiger partial charge in [0.1, 0.15) is 13.6 Å². The molecule has 7 nitrogen and oxygen atoms in total. The summed E-state index contributed by atoms with van der Waals surface area (Å²) in [6.07, 6.45) is 6.19. The Labute approximate surface area is 224 Å². The minimum atomic E-state index is -0.803. The number of carbonyl (C=O) groups is 1. The quantitative estimate of drug-likeness (QED) is 0.421. The summed E-state index contributed by atoms with van der Waals surface area (Å²) in [4.78, 5) is 18.9. The van der Waals surface area contributed by atoms with E-state index in [1.807, 2.05) is 18.7 Å². The third-order valence-electron chi connectivity index (χ3n) is 8.41. The van der Waals surface area contributed by atoms with E-state index in [2.05, 4.69) is 52.9 Å². The standard InChI is InChI=1S/C31H38N3O4/c1-31(2)37-28-18-22(17-27(36-4)29(28)38-31)30(35)33(20-25-12-8-16-34(25)23-10-7-11-23)19-24-15-14-21-9-5-6-13-26(21)32(24)3/h5-6,9,13-15,17-18,23,25H,7-8,10-12,16,19-20H2,1-4H3/q+1/t25-/m0/s1.